The number of ketones is 1. The zero-order valence-electron chi connectivity index (χ0n) is 20.0. The lowest BCUT2D eigenvalue weighted by Crippen LogP contribution is -2.33. The molecule has 0 radical (unpaired) electrons. The molecule has 0 amide bonds. The van der Waals surface area contributed by atoms with E-state index in [0.717, 1.165) is 51.0 Å². The van der Waals surface area contributed by atoms with Crippen molar-refractivity contribution in [1.82, 2.24) is 4.90 Å². The van der Waals surface area contributed by atoms with Gasteiger partial charge in [0, 0.05) is 42.9 Å². The van der Waals surface area contributed by atoms with Crippen LogP contribution in [0.4, 0.5) is 5.69 Å². The Morgan fingerprint density at radius 2 is 1.66 bits per heavy atom. The summed E-state index contributed by atoms with van der Waals surface area (Å²) in [5, 5.41) is 19.0. The fourth-order valence-corrected chi connectivity index (χ4v) is 4.55. The zero-order valence-corrected chi connectivity index (χ0v) is 20.0. The number of carboxylic acid groups (broad SMARTS) is 2. The Bertz CT molecular complexity index is 1010. The molecule has 35 heavy (non-hydrogen) atoms. The molecule has 186 valence electrons. The first-order valence-corrected chi connectivity index (χ1v) is 12.2. The number of nitrogens with zero attached hydrogens (tertiary/aromatic N) is 1. The molecule has 0 unspecified atom stereocenters. The number of fused-ring (bicyclic) bond motifs is 1. The number of aliphatic carboxylic acids is 2. The Morgan fingerprint density at radius 3 is 2.31 bits per heavy atom. The van der Waals surface area contributed by atoms with E-state index in [4.69, 9.17) is 10.2 Å². The molecular weight excluding hydrogens is 444 g/mol. The maximum Gasteiger partial charge on any atom is 0.328 e. The number of hydrogen-bond acceptors (Lipinski definition) is 5. The molecular formula is C28H34N2O5. The number of anilines is 1. The molecule has 2 aliphatic rings. The second kappa shape index (κ2) is 13.4. The van der Waals surface area contributed by atoms with Crippen LogP contribution in [0, 0.1) is 5.92 Å². The van der Waals surface area contributed by atoms with Gasteiger partial charge in [-0.25, -0.2) is 9.59 Å². The SMILES string of the molecule is O=C(CCC1CCN(Cc2ccccc2)CC1)c1ccc2c(c1)CCCN2.O=C(O)C=CC(=O)O. The fourth-order valence-electron chi connectivity index (χ4n) is 4.55. The predicted molar refractivity (Wildman–Crippen MR) is 136 cm³/mol. The van der Waals surface area contributed by atoms with Gasteiger partial charge in [-0.2, -0.15) is 0 Å². The third-order valence-corrected chi connectivity index (χ3v) is 6.47. The summed E-state index contributed by atoms with van der Waals surface area (Å²) >= 11 is 0. The highest BCUT2D eigenvalue weighted by Gasteiger charge is 2.20. The van der Waals surface area contributed by atoms with Gasteiger partial charge in [0.15, 0.2) is 5.78 Å². The van der Waals surface area contributed by atoms with Crippen molar-refractivity contribution in [2.75, 3.05) is 25.0 Å². The van der Waals surface area contributed by atoms with Gasteiger partial charge in [-0.15, -0.1) is 0 Å². The lowest BCUT2D eigenvalue weighted by atomic mass is 9.89. The summed E-state index contributed by atoms with van der Waals surface area (Å²) in [6, 6.07) is 16.9. The van der Waals surface area contributed by atoms with E-state index < -0.39 is 11.9 Å². The lowest BCUT2D eigenvalue weighted by Gasteiger charge is -2.32. The van der Waals surface area contributed by atoms with Gasteiger partial charge in [0.1, 0.15) is 0 Å². The number of carbonyl (C=O) groups is 3. The summed E-state index contributed by atoms with van der Waals surface area (Å²) in [5.41, 5.74) is 4.82. The van der Waals surface area contributed by atoms with Crippen LogP contribution in [-0.2, 0) is 22.6 Å². The molecule has 2 aromatic carbocycles. The molecule has 3 N–H and O–H groups in total. The van der Waals surface area contributed by atoms with Crippen molar-refractivity contribution in [3.05, 3.63) is 77.4 Å². The van der Waals surface area contributed by atoms with Crippen molar-refractivity contribution < 1.29 is 24.6 Å². The van der Waals surface area contributed by atoms with Crippen molar-refractivity contribution in [3.63, 3.8) is 0 Å². The third-order valence-electron chi connectivity index (χ3n) is 6.47. The van der Waals surface area contributed by atoms with Crippen LogP contribution < -0.4 is 5.32 Å². The maximum atomic E-state index is 12.6. The quantitative estimate of drug-likeness (QED) is 0.375. The second-order valence-electron chi connectivity index (χ2n) is 9.08. The molecule has 7 nitrogen and oxygen atoms in total. The van der Waals surface area contributed by atoms with Gasteiger partial charge >= 0.3 is 11.9 Å². The molecule has 2 aromatic rings. The van der Waals surface area contributed by atoms with Gasteiger partial charge in [-0.1, -0.05) is 30.3 Å². The average molecular weight is 479 g/mol. The Balaban J connectivity index is 0.000000371. The molecule has 2 heterocycles. The highest BCUT2D eigenvalue weighted by Crippen LogP contribution is 2.26. The Morgan fingerprint density at radius 1 is 0.971 bits per heavy atom. The predicted octanol–water partition coefficient (Wildman–Crippen LogP) is 4.63. The summed E-state index contributed by atoms with van der Waals surface area (Å²) in [4.78, 5) is 34.3. The van der Waals surface area contributed by atoms with Crippen LogP contribution in [0.3, 0.4) is 0 Å². The molecule has 2 aliphatic heterocycles. The Hall–Kier alpha value is -3.45. The van der Waals surface area contributed by atoms with Gasteiger partial charge in [-0.05, 0) is 80.4 Å². The van der Waals surface area contributed by atoms with E-state index in [2.05, 4.69) is 52.7 Å². The number of nitrogens with one attached hydrogen (secondary N) is 1. The smallest absolute Gasteiger partial charge is 0.328 e. The normalized spacial score (nSPS) is 16.0. The highest BCUT2D eigenvalue weighted by atomic mass is 16.4. The van der Waals surface area contributed by atoms with Crippen molar-refractivity contribution in [2.45, 2.75) is 45.1 Å². The first-order valence-electron chi connectivity index (χ1n) is 12.2. The maximum absolute atomic E-state index is 12.6. The molecule has 1 fully saturated rings. The van der Waals surface area contributed by atoms with Crippen LogP contribution in [0.2, 0.25) is 0 Å². The van der Waals surface area contributed by atoms with E-state index in [-0.39, 0.29) is 0 Å². The van der Waals surface area contributed by atoms with Gasteiger partial charge in [0.25, 0.3) is 0 Å². The molecule has 0 aromatic heterocycles. The van der Waals surface area contributed by atoms with Crippen molar-refractivity contribution >= 4 is 23.4 Å². The number of piperidine rings is 1. The first-order chi connectivity index (χ1) is 16.9. The molecule has 1 saturated heterocycles. The van der Waals surface area contributed by atoms with E-state index in [9.17, 15) is 14.4 Å². The number of likely N-dealkylation sites (tertiary alicyclic amines) is 1. The van der Waals surface area contributed by atoms with E-state index >= 15 is 0 Å². The Kier molecular flexibility index (Phi) is 10.0. The van der Waals surface area contributed by atoms with E-state index in [1.54, 1.807) is 0 Å². The number of Topliss-reactive ketones (excluding diaryl/α,β-unsaturated/α-hetero) is 1. The van der Waals surface area contributed by atoms with Crippen LogP contribution >= 0.6 is 0 Å². The zero-order chi connectivity index (χ0) is 25.0. The molecule has 0 bridgehead atoms. The largest absolute Gasteiger partial charge is 0.478 e. The monoisotopic (exact) mass is 478 g/mol. The van der Waals surface area contributed by atoms with Crippen LogP contribution in [0.25, 0.3) is 0 Å². The molecule has 0 atom stereocenters. The minimum absolute atomic E-state index is 0.315. The summed E-state index contributed by atoms with van der Waals surface area (Å²) in [6.45, 7) is 4.40. The number of carbonyl (C=O) groups excluding carboxylic acids is 1. The minimum atomic E-state index is -1.26. The fraction of sp³-hybridized carbons (Fsp3) is 0.393. The van der Waals surface area contributed by atoms with Crippen molar-refractivity contribution in [2.24, 2.45) is 5.92 Å². The highest BCUT2D eigenvalue weighted by molar-refractivity contribution is 5.96. The standard InChI is InChI=1S/C24H30N2O.C4H4O4/c27-24(22-9-10-23-21(17-22)7-4-14-25-23)11-8-19-12-15-26(16-13-19)18-20-5-2-1-3-6-20;5-3(6)1-2-4(7)8/h1-3,5-6,9-10,17,19,25H,4,7-8,11-16,18H2;1-2H,(H,5,6)(H,7,8). The van der Waals surface area contributed by atoms with Gasteiger partial charge in [0.05, 0.1) is 0 Å². The van der Waals surface area contributed by atoms with Crippen LogP contribution in [0.1, 0.15) is 53.6 Å². The number of aryl methyl sites for hydroxylation is 1. The molecule has 0 aliphatic carbocycles. The summed E-state index contributed by atoms with van der Waals surface area (Å²) in [7, 11) is 0. The van der Waals surface area contributed by atoms with Crippen molar-refractivity contribution in [1.29, 1.82) is 0 Å². The van der Waals surface area contributed by atoms with Gasteiger partial charge < -0.3 is 15.5 Å². The van der Waals surface area contributed by atoms with E-state index in [1.165, 1.54) is 29.7 Å². The van der Waals surface area contributed by atoms with Gasteiger partial charge in [-0.3, -0.25) is 9.69 Å². The van der Waals surface area contributed by atoms with E-state index in [0.29, 0.717) is 30.3 Å². The Labute approximate surface area is 206 Å². The van der Waals surface area contributed by atoms with Crippen LogP contribution in [0.5, 0.6) is 0 Å². The lowest BCUT2D eigenvalue weighted by molar-refractivity contribution is -0.134. The number of carboxylic acids is 2. The second-order valence-corrected chi connectivity index (χ2v) is 9.08. The summed E-state index contributed by atoms with van der Waals surface area (Å²) < 4.78 is 0. The molecule has 0 spiro atoms. The number of benzene rings is 2. The molecule has 0 saturated carbocycles. The van der Waals surface area contributed by atoms with E-state index in [1.807, 2.05) is 6.07 Å². The molecule has 4 rings (SSSR count). The summed E-state index contributed by atoms with van der Waals surface area (Å²) in [6.07, 6.45) is 7.52. The number of rotatable bonds is 8. The number of hydrogen-bond donors (Lipinski definition) is 3. The topological polar surface area (TPSA) is 107 Å². The van der Waals surface area contributed by atoms with Crippen LogP contribution in [0.15, 0.2) is 60.7 Å². The van der Waals surface area contributed by atoms with Crippen LogP contribution in [-0.4, -0.2) is 52.5 Å². The molecule has 7 heteroatoms. The summed E-state index contributed by atoms with van der Waals surface area (Å²) in [5.74, 6) is -1.50. The minimum Gasteiger partial charge on any atom is -0.478 e. The average Bonchev–Trinajstić information content (AvgIpc) is 2.87. The van der Waals surface area contributed by atoms with Gasteiger partial charge in [0.2, 0.25) is 0 Å². The third kappa shape index (κ3) is 9.02. The first kappa shape index (κ1) is 26.2. The van der Waals surface area contributed by atoms with Crippen molar-refractivity contribution in [3.8, 4) is 0 Å².